The molecule has 0 aliphatic rings. The third kappa shape index (κ3) is 1.74. The Hall–Kier alpha value is -1.63. The van der Waals surface area contributed by atoms with Crippen LogP contribution in [0.25, 0.3) is 16.9 Å². The first kappa shape index (κ1) is 11.5. The van der Waals surface area contributed by atoms with E-state index in [1.54, 1.807) is 13.3 Å². The summed E-state index contributed by atoms with van der Waals surface area (Å²) in [7, 11) is 1.67. The highest BCUT2D eigenvalue weighted by atomic mass is 127. The lowest BCUT2D eigenvalue weighted by Gasteiger charge is -2.09. The molecule has 0 amide bonds. The summed E-state index contributed by atoms with van der Waals surface area (Å²) >= 11 is 2.23. The molecule has 0 fully saturated rings. The normalized spacial score (nSPS) is 10.8. The number of hydrogen-bond donors (Lipinski definition) is 0. The van der Waals surface area contributed by atoms with Gasteiger partial charge in [-0.3, -0.25) is 0 Å². The van der Waals surface area contributed by atoms with Crippen molar-refractivity contribution in [3.8, 4) is 17.0 Å². The van der Waals surface area contributed by atoms with Crippen molar-refractivity contribution >= 4 is 28.2 Å². The molecule has 0 spiro atoms. The van der Waals surface area contributed by atoms with E-state index < -0.39 is 0 Å². The molecule has 0 bridgehead atoms. The van der Waals surface area contributed by atoms with Crippen LogP contribution in [0.5, 0.6) is 5.75 Å². The van der Waals surface area contributed by atoms with E-state index in [0.29, 0.717) is 0 Å². The van der Waals surface area contributed by atoms with E-state index in [1.165, 1.54) is 0 Å². The monoisotopic (exact) mass is 351 g/mol. The molecule has 0 N–H and O–H groups in total. The standard InChI is InChI=1S/C13H10IN3O/c1-18-12-5-3-2-4-9(12)11-6-7-15-13-10(14)8-16-17(11)13/h2-8H,1H3. The number of halogens is 1. The van der Waals surface area contributed by atoms with Gasteiger partial charge in [-0.1, -0.05) is 12.1 Å². The first-order chi connectivity index (χ1) is 8.81. The van der Waals surface area contributed by atoms with Gasteiger partial charge in [0.1, 0.15) is 5.75 Å². The van der Waals surface area contributed by atoms with Gasteiger partial charge in [-0.2, -0.15) is 5.10 Å². The van der Waals surface area contributed by atoms with Crippen LogP contribution >= 0.6 is 22.6 Å². The fourth-order valence-electron chi connectivity index (χ4n) is 1.92. The lowest BCUT2D eigenvalue weighted by molar-refractivity contribution is 0.416. The van der Waals surface area contributed by atoms with Gasteiger partial charge in [0.15, 0.2) is 5.65 Å². The predicted octanol–water partition coefficient (Wildman–Crippen LogP) is 3.01. The Bertz CT molecular complexity index is 708. The van der Waals surface area contributed by atoms with Crippen molar-refractivity contribution in [1.29, 1.82) is 0 Å². The number of ether oxygens (including phenoxy) is 1. The molecule has 1 aromatic carbocycles. The maximum Gasteiger partial charge on any atom is 0.169 e. The third-order valence-electron chi connectivity index (χ3n) is 2.74. The summed E-state index contributed by atoms with van der Waals surface area (Å²) in [5.74, 6) is 0.829. The SMILES string of the molecule is COc1ccccc1-c1ccnc2c(I)cnn12. The number of methoxy groups -OCH3 is 1. The van der Waals surface area contributed by atoms with Gasteiger partial charge in [0.05, 0.1) is 22.6 Å². The molecular formula is C13H10IN3O. The van der Waals surface area contributed by atoms with Gasteiger partial charge in [0.2, 0.25) is 0 Å². The molecule has 0 saturated heterocycles. The summed E-state index contributed by atoms with van der Waals surface area (Å²) in [6.45, 7) is 0. The zero-order valence-corrected chi connectivity index (χ0v) is 11.8. The fourth-order valence-corrected chi connectivity index (χ4v) is 2.42. The topological polar surface area (TPSA) is 39.4 Å². The Labute approximate surface area is 118 Å². The van der Waals surface area contributed by atoms with Gasteiger partial charge in [0.25, 0.3) is 0 Å². The van der Waals surface area contributed by atoms with Crippen molar-refractivity contribution in [2.75, 3.05) is 7.11 Å². The van der Waals surface area contributed by atoms with Gasteiger partial charge in [0, 0.05) is 11.8 Å². The number of benzene rings is 1. The van der Waals surface area contributed by atoms with Gasteiger partial charge >= 0.3 is 0 Å². The van der Waals surface area contributed by atoms with E-state index in [1.807, 2.05) is 41.0 Å². The Morgan fingerprint density at radius 1 is 1.22 bits per heavy atom. The largest absolute Gasteiger partial charge is 0.496 e. The Morgan fingerprint density at radius 2 is 2.06 bits per heavy atom. The molecule has 0 saturated carbocycles. The summed E-state index contributed by atoms with van der Waals surface area (Å²) in [4.78, 5) is 4.33. The van der Waals surface area contributed by atoms with E-state index in [-0.39, 0.29) is 0 Å². The fraction of sp³-hybridized carbons (Fsp3) is 0.0769. The number of para-hydroxylation sites is 1. The quantitative estimate of drug-likeness (QED) is 0.667. The first-order valence-corrected chi connectivity index (χ1v) is 6.51. The molecule has 2 heterocycles. The zero-order valence-electron chi connectivity index (χ0n) is 9.67. The number of rotatable bonds is 2. The van der Waals surface area contributed by atoms with Crippen LogP contribution < -0.4 is 4.74 Å². The zero-order chi connectivity index (χ0) is 12.5. The maximum absolute atomic E-state index is 5.39. The molecule has 3 rings (SSSR count). The average molecular weight is 351 g/mol. The number of hydrogen-bond acceptors (Lipinski definition) is 3. The minimum absolute atomic E-state index is 0.829. The number of nitrogens with zero attached hydrogens (tertiary/aromatic N) is 3. The minimum Gasteiger partial charge on any atom is -0.496 e. The highest BCUT2D eigenvalue weighted by Crippen LogP contribution is 2.29. The Morgan fingerprint density at radius 3 is 2.89 bits per heavy atom. The summed E-state index contributed by atoms with van der Waals surface area (Å²) in [5.41, 5.74) is 2.84. The van der Waals surface area contributed by atoms with Crippen LogP contribution in [0.15, 0.2) is 42.7 Å². The second kappa shape index (κ2) is 4.56. The molecule has 4 nitrogen and oxygen atoms in total. The van der Waals surface area contributed by atoms with Crippen molar-refractivity contribution in [2.24, 2.45) is 0 Å². The third-order valence-corrected chi connectivity index (χ3v) is 3.50. The molecule has 3 aromatic rings. The van der Waals surface area contributed by atoms with Gasteiger partial charge in [-0.05, 0) is 40.8 Å². The molecule has 5 heteroatoms. The number of aromatic nitrogens is 3. The van der Waals surface area contributed by atoms with Crippen molar-refractivity contribution in [2.45, 2.75) is 0 Å². The Kier molecular flexibility index (Phi) is 2.91. The van der Waals surface area contributed by atoms with E-state index in [0.717, 1.165) is 26.2 Å². The molecule has 0 radical (unpaired) electrons. The molecule has 0 aliphatic heterocycles. The van der Waals surface area contributed by atoms with E-state index in [2.05, 4.69) is 32.7 Å². The second-order valence-electron chi connectivity index (χ2n) is 3.76. The predicted molar refractivity (Wildman–Crippen MR) is 77.7 cm³/mol. The van der Waals surface area contributed by atoms with Crippen LogP contribution in [0.3, 0.4) is 0 Å². The highest BCUT2D eigenvalue weighted by Gasteiger charge is 2.11. The van der Waals surface area contributed by atoms with E-state index in [9.17, 15) is 0 Å². The van der Waals surface area contributed by atoms with Crippen LogP contribution in [0.4, 0.5) is 0 Å². The van der Waals surface area contributed by atoms with Crippen LogP contribution in [-0.2, 0) is 0 Å². The highest BCUT2D eigenvalue weighted by molar-refractivity contribution is 14.1. The molecule has 90 valence electrons. The summed E-state index contributed by atoms with van der Waals surface area (Å²) in [6.07, 6.45) is 3.60. The van der Waals surface area contributed by atoms with Crippen LogP contribution in [0.2, 0.25) is 0 Å². The summed E-state index contributed by atoms with van der Waals surface area (Å²) in [6, 6.07) is 9.83. The van der Waals surface area contributed by atoms with Crippen molar-refractivity contribution in [3.63, 3.8) is 0 Å². The maximum atomic E-state index is 5.39. The molecule has 0 unspecified atom stereocenters. The van der Waals surface area contributed by atoms with Crippen LogP contribution in [-0.4, -0.2) is 21.7 Å². The van der Waals surface area contributed by atoms with Gasteiger partial charge in [-0.25, -0.2) is 9.50 Å². The smallest absolute Gasteiger partial charge is 0.169 e. The lowest BCUT2D eigenvalue weighted by atomic mass is 10.1. The molecular weight excluding hydrogens is 341 g/mol. The van der Waals surface area contributed by atoms with Gasteiger partial charge < -0.3 is 4.74 Å². The molecule has 18 heavy (non-hydrogen) atoms. The first-order valence-electron chi connectivity index (χ1n) is 5.43. The van der Waals surface area contributed by atoms with Crippen molar-refractivity contribution < 1.29 is 4.74 Å². The molecule has 0 atom stereocenters. The lowest BCUT2D eigenvalue weighted by Crippen LogP contribution is -1.97. The van der Waals surface area contributed by atoms with E-state index in [4.69, 9.17) is 4.74 Å². The van der Waals surface area contributed by atoms with Crippen LogP contribution in [0.1, 0.15) is 0 Å². The van der Waals surface area contributed by atoms with E-state index >= 15 is 0 Å². The molecule has 2 aromatic heterocycles. The van der Waals surface area contributed by atoms with Crippen LogP contribution in [0, 0.1) is 3.57 Å². The van der Waals surface area contributed by atoms with Gasteiger partial charge in [-0.15, -0.1) is 0 Å². The average Bonchev–Trinajstić information content (AvgIpc) is 2.81. The molecule has 0 aliphatic carbocycles. The second-order valence-corrected chi connectivity index (χ2v) is 4.92. The summed E-state index contributed by atoms with van der Waals surface area (Å²) < 4.78 is 8.26. The van der Waals surface area contributed by atoms with Crippen molar-refractivity contribution in [3.05, 3.63) is 46.3 Å². The Balaban J connectivity index is 2.31. The minimum atomic E-state index is 0.829. The number of fused-ring (bicyclic) bond motifs is 1. The summed E-state index contributed by atoms with van der Waals surface area (Å²) in [5, 5.41) is 4.36. The van der Waals surface area contributed by atoms with Crippen molar-refractivity contribution in [1.82, 2.24) is 14.6 Å².